The van der Waals surface area contributed by atoms with E-state index in [0.29, 0.717) is 18.7 Å². The first-order chi connectivity index (χ1) is 8.11. The Labute approximate surface area is 97.6 Å². The quantitative estimate of drug-likeness (QED) is 0.637. The van der Waals surface area contributed by atoms with Crippen molar-refractivity contribution in [2.45, 2.75) is 18.9 Å². The fourth-order valence-corrected chi connectivity index (χ4v) is 2.17. The standard InChI is InChI=1S/C11H12N2O4/c14-11(15)10-6-3-7-12(10)8-4-1-2-5-9(8)13(16)17/h1-2,4-5,10H,3,6-7H2,(H,14,15)/t10-/m1/s1. The first-order valence-electron chi connectivity index (χ1n) is 5.34. The smallest absolute Gasteiger partial charge is 0.326 e. The number of carboxylic acids is 1. The highest BCUT2D eigenvalue weighted by Gasteiger charge is 2.33. The van der Waals surface area contributed by atoms with Gasteiger partial charge in [0.1, 0.15) is 11.7 Å². The van der Waals surface area contributed by atoms with Crippen molar-refractivity contribution in [1.29, 1.82) is 0 Å². The average molecular weight is 236 g/mol. The topological polar surface area (TPSA) is 83.7 Å². The van der Waals surface area contributed by atoms with Crippen LogP contribution in [0.5, 0.6) is 0 Å². The van der Waals surface area contributed by atoms with Crippen molar-refractivity contribution >= 4 is 17.3 Å². The molecule has 0 amide bonds. The highest BCUT2D eigenvalue weighted by Crippen LogP contribution is 2.33. The molecule has 6 nitrogen and oxygen atoms in total. The van der Waals surface area contributed by atoms with Gasteiger partial charge in [0.2, 0.25) is 0 Å². The molecule has 1 aromatic carbocycles. The minimum Gasteiger partial charge on any atom is -0.480 e. The van der Waals surface area contributed by atoms with Crippen molar-refractivity contribution in [2.24, 2.45) is 0 Å². The highest BCUT2D eigenvalue weighted by molar-refractivity contribution is 5.80. The van der Waals surface area contributed by atoms with Crippen molar-refractivity contribution in [3.05, 3.63) is 34.4 Å². The second kappa shape index (κ2) is 4.40. The van der Waals surface area contributed by atoms with Gasteiger partial charge in [-0.1, -0.05) is 12.1 Å². The molecule has 0 aromatic heterocycles. The molecular weight excluding hydrogens is 224 g/mol. The maximum atomic E-state index is 11.1. The van der Waals surface area contributed by atoms with Crippen molar-refractivity contribution in [3.8, 4) is 0 Å². The second-order valence-electron chi connectivity index (χ2n) is 3.94. The van der Waals surface area contributed by atoms with E-state index in [-0.39, 0.29) is 5.69 Å². The van der Waals surface area contributed by atoms with Crippen molar-refractivity contribution in [1.82, 2.24) is 0 Å². The van der Waals surface area contributed by atoms with Gasteiger partial charge in [-0.05, 0) is 18.9 Å². The predicted octanol–water partition coefficient (Wildman–Crippen LogP) is 1.65. The summed E-state index contributed by atoms with van der Waals surface area (Å²) in [5.41, 5.74) is 0.350. The van der Waals surface area contributed by atoms with E-state index in [4.69, 9.17) is 5.11 Å². The van der Waals surface area contributed by atoms with E-state index in [2.05, 4.69) is 0 Å². The Morgan fingerprint density at radius 2 is 2.18 bits per heavy atom. The van der Waals surface area contributed by atoms with E-state index in [0.717, 1.165) is 6.42 Å². The summed E-state index contributed by atoms with van der Waals surface area (Å²) in [6.45, 7) is 0.543. The molecule has 1 heterocycles. The van der Waals surface area contributed by atoms with E-state index in [1.54, 1.807) is 23.1 Å². The van der Waals surface area contributed by atoms with Gasteiger partial charge in [-0.25, -0.2) is 4.79 Å². The van der Waals surface area contributed by atoms with Crippen LogP contribution in [0, 0.1) is 10.1 Å². The zero-order valence-corrected chi connectivity index (χ0v) is 9.07. The van der Waals surface area contributed by atoms with Crippen LogP contribution in [0.2, 0.25) is 0 Å². The second-order valence-corrected chi connectivity index (χ2v) is 3.94. The number of hydrogen-bond donors (Lipinski definition) is 1. The van der Waals surface area contributed by atoms with Gasteiger partial charge in [0.05, 0.1) is 4.92 Å². The molecule has 0 spiro atoms. The number of nitrogens with zero attached hydrogens (tertiary/aromatic N) is 2. The fraction of sp³-hybridized carbons (Fsp3) is 0.364. The molecule has 0 bridgehead atoms. The van der Waals surface area contributed by atoms with Gasteiger partial charge in [0.15, 0.2) is 0 Å². The van der Waals surface area contributed by atoms with Crippen LogP contribution in [-0.2, 0) is 4.79 Å². The summed E-state index contributed by atoms with van der Waals surface area (Å²) < 4.78 is 0. The molecule has 0 radical (unpaired) electrons. The van der Waals surface area contributed by atoms with Crippen molar-refractivity contribution < 1.29 is 14.8 Å². The number of hydrogen-bond acceptors (Lipinski definition) is 4. The SMILES string of the molecule is O=C(O)[C@H]1CCCN1c1ccccc1[N+](=O)[O-]. The Kier molecular flexibility index (Phi) is 2.95. The lowest BCUT2D eigenvalue weighted by Crippen LogP contribution is -2.36. The molecule has 90 valence electrons. The monoisotopic (exact) mass is 236 g/mol. The normalized spacial score (nSPS) is 19.3. The molecule has 1 atom stereocenters. The molecule has 6 heteroatoms. The van der Waals surface area contributed by atoms with Gasteiger partial charge >= 0.3 is 5.97 Å². The molecule has 0 saturated carbocycles. The number of nitro benzene ring substituents is 1. The van der Waals surface area contributed by atoms with Gasteiger partial charge in [-0.3, -0.25) is 10.1 Å². The Morgan fingerprint density at radius 3 is 2.82 bits per heavy atom. The maximum absolute atomic E-state index is 11.1. The van der Waals surface area contributed by atoms with Crippen LogP contribution in [0.4, 0.5) is 11.4 Å². The van der Waals surface area contributed by atoms with E-state index in [9.17, 15) is 14.9 Å². The lowest BCUT2D eigenvalue weighted by molar-refractivity contribution is -0.384. The number of carboxylic acid groups (broad SMARTS) is 1. The van der Waals surface area contributed by atoms with Crippen LogP contribution in [0.25, 0.3) is 0 Å². The van der Waals surface area contributed by atoms with Crippen LogP contribution in [-0.4, -0.2) is 28.6 Å². The van der Waals surface area contributed by atoms with Gasteiger partial charge in [0, 0.05) is 12.6 Å². The van der Waals surface area contributed by atoms with Gasteiger partial charge < -0.3 is 10.0 Å². The molecule has 0 unspecified atom stereocenters. The number of para-hydroxylation sites is 2. The highest BCUT2D eigenvalue weighted by atomic mass is 16.6. The van der Waals surface area contributed by atoms with Gasteiger partial charge in [0.25, 0.3) is 5.69 Å². The van der Waals surface area contributed by atoms with Crippen LogP contribution < -0.4 is 4.90 Å². The number of rotatable bonds is 3. The Hall–Kier alpha value is -2.11. The maximum Gasteiger partial charge on any atom is 0.326 e. The van der Waals surface area contributed by atoms with Crippen LogP contribution in [0.1, 0.15) is 12.8 Å². The molecule has 0 aliphatic carbocycles. The molecule has 1 saturated heterocycles. The summed E-state index contributed by atoms with van der Waals surface area (Å²) in [5, 5.41) is 19.9. The van der Waals surface area contributed by atoms with Crippen LogP contribution >= 0.6 is 0 Å². The minimum atomic E-state index is -0.930. The Morgan fingerprint density at radius 1 is 1.47 bits per heavy atom. The Bertz CT molecular complexity index is 461. The third kappa shape index (κ3) is 2.06. The summed E-state index contributed by atoms with van der Waals surface area (Å²) in [4.78, 5) is 23.1. The first kappa shape index (κ1) is 11.4. The fourth-order valence-electron chi connectivity index (χ4n) is 2.17. The summed E-state index contributed by atoms with van der Waals surface area (Å²) in [6.07, 6.45) is 1.27. The predicted molar refractivity (Wildman–Crippen MR) is 61.1 cm³/mol. The third-order valence-corrected chi connectivity index (χ3v) is 2.93. The van der Waals surface area contributed by atoms with E-state index >= 15 is 0 Å². The summed E-state index contributed by atoms with van der Waals surface area (Å²) in [5.74, 6) is -0.930. The Balaban J connectivity index is 2.39. The van der Waals surface area contributed by atoms with Crippen LogP contribution in [0.15, 0.2) is 24.3 Å². The first-order valence-corrected chi connectivity index (χ1v) is 5.34. The summed E-state index contributed by atoms with van der Waals surface area (Å²) in [7, 11) is 0. The molecule has 1 fully saturated rings. The lowest BCUT2D eigenvalue weighted by Gasteiger charge is -2.23. The van der Waals surface area contributed by atoms with Crippen LogP contribution in [0.3, 0.4) is 0 Å². The van der Waals surface area contributed by atoms with E-state index < -0.39 is 16.9 Å². The molecule has 1 aliphatic rings. The molecule has 1 N–H and O–H groups in total. The van der Waals surface area contributed by atoms with E-state index in [1.807, 2.05) is 0 Å². The zero-order chi connectivity index (χ0) is 12.4. The molecular formula is C11H12N2O4. The van der Waals surface area contributed by atoms with Gasteiger partial charge in [-0.15, -0.1) is 0 Å². The van der Waals surface area contributed by atoms with Gasteiger partial charge in [-0.2, -0.15) is 0 Å². The molecule has 1 aromatic rings. The van der Waals surface area contributed by atoms with E-state index in [1.165, 1.54) is 6.07 Å². The minimum absolute atomic E-state index is 0.0411. The molecule has 17 heavy (non-hydrogen) atoms. The number of anilines is 1. The molecule has 1 aliphatic heterocycles. The largest absolute Gasteiger partial charge is 0.480 e. The third-order valence-electron chi connectivity index (χ3n) is 2.93. The summed E-state index contributed by atoms with van der Waals surface area (Å²) >= 11 is 0. The van der Waals surface area contributed by atoms with Crippen molar-refractivity contribution in [3.63, 3.8) is 0 Å². The molecule has 2 rings (SSSR count). The number of nitro groups is 1. The lowest BCUT2D eigenvalue weighted by atomic mass is 10.2. The number of benzene rings is 1. The summed E-state index contributed by atoms with van der Waals surface area (Å²) in [6, 6.07) is 5.59. The number of carbonyl (C=O) groups is 1. The zero-order valence-electron chi connectivity index (χ0n) is 9.07. The average Bonchev–Trinajstić information content (AvgIpc) is 2.77. The number of aliphatic carboxylic acids is 1. The van der Waals surface area contributed by atoms with Crippen molar-refractivity contribution in [2.75, 3.05) is 11.4 Å².